The van der Waals surface area contributed by atoms with Gasteiger partial charge in [0.2, 0.25) is 0 Å². The van der Waals surface area contributed by atoms with Crippen LogP contribution in [0.2, 0.25) is 0 Å². The number of hydrogen-bond acceptors (Lipinski definition) is 5. The van der Waals surface area contributed by atoms with E-state index in [1.165, 1.54) is 8.05 Å². The largest absolute Gasteiger partial charge is 0.565 e. The van der Waals surface area contributed by atoms with Crippen molar-refractivity contribution in [1.29, 1.82) is 5.26 Å². The van der Waals surface area contributed by atoms with Crippen molar-refractivity contribution in [2.75, 3.05) is 0 Å². The van der Waals surface area contributed by atoms with Crippen molar-refractivity contribution < 1.29 is 4.65 Å². The fourth-order valence-corrected chi connectivity index (χ4v) is 1.84. The lowest BCUT2D eigenvalue weighted by Crippen LogP contribution is -2.05. The molecule has 2 aromatic rings. The van der Waals surface area contributed by atoms with Crippen molar-refractivity contribution in [3.8, 4) is 6.07 Å². The van der Waals surface area contributed by atoms with E-state index >= 15 is 0 Å². The molecule has 0 radical (unpaired) electrons. The predicted molar refractivity (Wildman–Crippen MR) is 77.8 cm³/mol. The van der Waals surface area contributed by atoms with Gasteiger partial charge in [-0.15, -0.1) is 5.10 Å². The molecule has 1 aromatic heterocycles. The van der Waals surface area contributed by atoms with E-state index in [1.54, 1.807) is 13.8 Å². The van der Waals surface area contributed by atoms with Crippen LogP contribution in [0.1, 0.15) is 22.8 Å². The van der Waals surface area contributed by atoms with Gasteiger partial charge in [-0.3, -0.25) is 0 Å². The van der Waals surface area contributed by atoms with Crippen molar-refractivity contribution in [3.05, 3.63) is 53.1 Å². The summed E-state index contributed by atoms with van der Waals surface area (Å²) < 4.78 is 5.41. The maximum Gasteiger partial charge on any atom is 0.322 e. The molecule has 1 aromatic carbocycles. The minimum atomic E-state index is 0.411. The molecule has 98 valence electrons. The normalized spacial score (nSPS) is 11.4. The minimum absolute atomic E-state index is 0.411. The zero-order valence-electron chi connectivity index (χ0n) is 11.6. The molecule has 0 unspecified atom stereocenters. The predicted octanol–water partition coefficient (Wildman–Crippen LogP) is 1.45. The van der Waals surface area contributed by atoms with Crippen LogP contribution < -0.4 is 0 Å². The second-order valence-electron chi connectivity index (χ2n) is 4.18. The Labute approximate surface area is 118 Å². The molecule has 0 aliphatic heterocycles. The quantitative estimate of drug-likeness (QED) is 0.476. The molecule has 0 aliphatic rings. The second-order valence-corrected chi connectivity index (χ2v) is 4.18. The highest BCUT2D eigenvalue weighted by molar-refractivity contribution is 6.06. The first-order chi connectivity index (χ1) is 9.67. The van der Waals surface area contributed by atoms with E-state index in [0.29, 0.717) is 28.5 Å². The summed E-state index contributed by atoms with van der Waals surface area (Å²) in [7, 11) is 1.52. The lowest BCUT2D eigenvalue weighted by molar-refractivity contribution is 0.567. The summed E-state index contributed by atoms with van der Waals surface area (Å²) in [5.41, 5.74) is 2.37. The Morgan fingerprint density at radius 1 is 1.20 bits per heavy atom. The Morgan fingerprint density at radius 2 is 1.90 bits per heavy atom. The maximum absolute atomic E-state index is 9.45. The summed E-state index contributed by atoms with van der Waals surface area (Å²) in [6, 6.07) is 11.5. The number of nitriles is 1. The van der Waals surface area contributed by atoms with Crippen molar-refractivity contribution in [2.24, 2.45) is 0 Å². The molecule has 0 N–H and O–H groups in total. The number of allylic oxidation sites excluding steroid dienone is 1. The number of aromatic nitrogens is 3. The van der Waals surface area contributed by atoms with Crippen LogP contribution in [-0.4, -0.2) is 23.2 Å². The molecule has 20 heavy (non-hydrogen) atoms. The van der Waals surface area contributed by atoms with E-state index in [0.717, 1.165) is 5.56 Å². The van der Waals surface area contributed by atoms with E-state index in [1.807, 2.05) is 30.3 Å². The molecule has 0 spiro atoms. The average molecular weight is 264 g/mol. The van der Waals surface area contributed by atoms with Gasteiger partial charge < -0.3 is 4.65 Å². The molecular weight excluding hydrogens is 251 g/mol. The average Bonchev–Trinajstić information content (AvgIpc) is 2.48. The minimum Gasteiger partial charge on any atom is -0.565 e. The highest BCUT2D eigenvalue weighted by Crippen LogP contribution is 2.26. The third-order valence-electron chi connectivity index (χ3n) is 2.78. The van der Waals surface area contributed by atoms with Gasteiger partial charge in [-0.05, 0) is 19.4 Å². The first-order valence-electron chi connectivity index (χ1n) is 6.09. The van der Waals surface area contributed by atoms with Gasteiger partial charge in [-0.2, -0.15) is 10.4 Å². The van der Waals surface area contributed by atoms with Crippen LogP contribution in [-0.2, 0) is 4.65 Å². The molecule has 0 fully saturated rings. The second kappa shape index (κ2) is 5.98. The van der Waals surface area contributed by atoms with Gasteiger partial charge in [0, 0.05) is 0 Å². The number of nitrogens with zero attached hydrogens (tertiary/aromatic N) is 4. The highest BCUT2D eigenvalue weighted by Gasteiger charge is 2.16. The monoisotopic (exact) mass is 264 g/mol. The Kier molecular flexibility index (Phi) is 4.11. The Hall–Kier alpha value is -2.68. The maximum atomic E-state index is 9.45. The summed E-state index contributed by atoms with van der Waals surface area (Å²) in [4.78, 5) is 4.33. The zero-order chi connectivity index (χ0) is 14.5. The molecule has 0 amide bonds. The first-order valence-corrected chi connectivity index (χ1v) is 6.09. The lowest BCUT2D eigenvalue weighted by Gasteiger charge is -2.11. The zero-order valence-corrected chi connectivity index (χ0v) is 11.6. The molecule has 2 rings (SSSR count). The van der Waals surface area contributed by atoms with Crippen molar-refractivity contribution in [1.82, 2.24) is 15.2 Å². The van der Waals surface area contributed by atoms with Gasteiger partial charge in [-0.25, -0.2) is 4.98 Å². The van der Waals surface area contributed by atoms with Crippen LogP contribution in [0.25, 0.3) is 11.3 Å². The fraction of sp³-hybridized carbons (Fsp3) is 0.143. The van der Waals surface area contributed by atoms with Gasteiger partial charge in [-0.1, -0.05) is 30.3 Å². The van der Waals surface area contributed by atoms with Gasteiger partial charge in [0.1, 0.15) is 28.9 Å². The van der Waals surface area contributed by atoms with Crippen LogP contribution in [0, 0.1) is 25.2 Å². The van der Waals surface area contributed by atoms with Crippen LogP contribution in [0.3, 0.4) is 0 Å². The summed E-state index contributed by atoms with van der Waals surface area (Å²) in [5, 5.41) is 17.4. The Morgan fingerprint density at radius 3 is 2.50 bits per heavy atom. The molecule has 0 saturated carbocycles. The van der Waals surface area contributed by atoms with Gasteiger partial charge >= 0.3 is 8.05 Å². The number of benzene rings is 1. The smallest absolute Gasteiger partial charge is 0.322 e. The fourth-order valence-electron chi connectivity index (χ4n) is 1.84. The molecule has 0 atom stereocenters. The van der Waals surface area contributed by atoms with E-state index in [9.17, 15) is 5.26 Å². The first kappa shape index (κ1) is 13.7. The van der Waals surface area contributed by atoms with Crippen molar-refractivity contribution >= 4 is 19.4 Å². The van der Waals surface area contributed by atoms with Crippen LogP contribution in [0.5, 0.6) is 0 Å². The standard InChI is InChI=1S/C14H13BN4O/c1-9-13(17-10(2)19-18-9)14(20-15)12(8-16)11-6-4-3-5-7-11/h3-7H,15H2,1-2H3. The molecule has 0 saturated heterocycles. The summed E-state index contributed by atoms with van der Waals surface area (Å²) in [6.45, 7) is 3.53. The topological polar surface area (TPSA) is 71.7 Å². The summed E-state index contributed by atoms with van der Waals surface area (Å²) in [6.07, 6.45) is 0. The number of aryl methyl sites for hydroxylation is 2. The molecular formula is C14H13BN4O. The third-order valence-corrected chi connectivity index (χ3v) is 2.78. The Balaban J connectivity index is 2.68. The molecule has 0 aliphatic carbocycles. The molecule has 0 bridgehead atoms. The number of hydrogen-bond donors (Lipinski definition) is 0. The van der Waals surface area contributed by atoms with E-state index < -0.39 is 0 Å². The van der Waals surface area contributed by atoms with Crippen LogP contribution in [0.4, 0.5) is 0 Å². The van der Waals surface area contributed by atoms with Crippen LogP contribution in [0.15, 0.2) is 30.3 Å². The Bertz CT molecular complexity index is 692. The lowest BCUT2D eigenvalue weighted by atomic mass is 10.0. The molecule has 6 heteroatoms. The van der Waals surface area contributed by atoms with Crippen molar-refractivity contribution in [3.63, 3.8) is 0 Å². The highest BCUT2D eigenvalue weighted by atomic mass is 16.4. The molecule has 1 heterocycles. The van der Waals surface area contributed by atoms with Gasteiger partial charge in [0.25, 0.3) is 0 Å². The SMILES string of the molecule is BOC(=C(C#N)c1ccccc1)c1nc(C)nnc1C. The van der Waals surface area contributed by atoms with Crippen LogP contribution >= 0.6 is 0 Å². The van der Waals surface area contributed by atoms with Crippen molar-refractivity contribution in [2.45, 2.75) is 13.8 Å². The van der Waals surface area contributed by atoms with E-state index in [2.05, 4.69) is 21.3 Å². The van der Waals surface area contributed by atoms with Gasteiger partial charge in [0.05, 0.1) is 5.69 Å². The molecule has 5 nitrogen and oxygen atoms in total. The third kappa shape index (κ3) is 2.67. The van der Waals surface area contributed by atoms with E-state index in [4.69, 9.17) is 4.65 Å². The van der Waals surface area contributed by atoms with E-state index in [-0.39, 0.29) is 0 Å². The number of rotatable bonds is 3. The summed E-state index contributed by atoms with van der Waals surface area (Å²) in [5.74, 6) is 0.944. The van der Waals surface area contributed by atoms with Gasteiger partial charge in [0.15, 0.2) is 0 Å². The summed E-state index contributed by atoms with van der Waals surface area (Å²) >= 11 is 0.